The maximum atomic E-state index is 13.4. The average Bonchev–Trinajstić information content (AvgIpc) is 3.26. The van der Waals surface area contributed by atoms with Gasteiger partial charge in [0, 0.05) is 60.3 Å². The first-order chi connectivity index (χ1) is 28.5. The van der Waals surface area contributed by atoms with Crippen LogP contribution in [-0.2, 0) is 0 Å². The van der Waals surface area contributed by atoms with Gasteiger partial charge in [0.05, 0.1) is 0 Å². The van der Waals surface area contributed by atoms with Crippen LogP contribution in [0.5, 0.6) is 0 Å². The normalized spacial score (nSPS) is 12.3. The van der Waals surface area contributed by atoms with E-state index < -0.39 is 0 Å². The molecule has 0 fully saturated rings. The van der Waals surface area contributed by atoms with Gasteiger partial charge in [0.1, 0.15) is 0 Å². The van der Waals surface area contributed by atoms with E-state index in [4.69, 9.17) is 0 Å². The zero-order valence-electron chi connectivity index (χ0n) is 33.8. The molecule has 6 heteroatoms. The van der Waals surface area contributed by atoms with Gasteiger partial charge in [0.2, 0.25) is 0 Å². The first-order valence-electron chi connectivity index (χ1n) is 20.6. The monoisotopic (exact) mass is 766 g/mol. The van der Waals surface area contributed by atoms with E-state index in [1.54, 1.807) is 0 Å². The van der Waals surface area contributed by atoms with E-state index in [0.29, 0.717) is 24.2 Å². The summed E-state index contributed by atoms with van der Waals surface area (Å²) < 4.78 is 0. The molecule has 2 amide bonds. The molecule has 0 saturated carbocycles. The van der Waals surface area contributed by atoms with Gasteiger partial charge in [-0.05, 0) is 85.1 Å². The number of carbonyl (C=O) groups is 2. The van der Waals surface area contributed by atoms with Crippen molar-refractivity contribution in [2.75, 3.05) is 58.7 Å². The van der Waals surface area contributed by atoms with E-state index in [9.17, 15) is 9.59 Å². The standard InChI is InChI=1S/C52H54N4O2/c1-54(2)38-39-56-51(57)47-29-19-28-46-49(31-30-48(50(46)47)52(56)58)53-34-17-3-4-18-35-55(36-32-44(40-20-9-5-10-21-40)41-22-11-6-12-23-41)37-33-45(42-24-13-7-14-25-42)43-26-15-8-16-27-43/h5-16,19-33,53H,3-4,17-18,34-39H2,1-2H3. The molecule has 1 heterocycles. The molecule has 0 saturated heterocycles. The van der Waals surface area contributed by atoms with Gasteiger partial charge in [-0.3, -0.25) is 19.4 Å². The van der Waals surface area contributed by atoms with Crippen molar-refractivity contribution in [2.24, 2.45) is 0 Å². The van der Waals surface area contributed by atoms with Crippen molar-refractivity contribution in [3.8, 4) is 0 Å². The molecule has 1 aliphatic rings. The number of carbonyl (C=O) groups excluding carboxylic acids is 2. The predicted molar refractivity (Wildman–Crippen MR) is 241 cm³/mol. The van der Waals surface area contributed by atoms with E-state index in [1.807, 2.05) is 49.3 Å². The molecule has 7 rings (SSSR count). The van der Waals surface area contributed by atoms with Crippen molar-refractivity contribution in [3.05, 3.63) is 197 Å². The minimum Gasteiger partial charge on any atom is -0.385 e. The molecule has 6 nitrogen and oxygen atoms in total. The van der Waals surface area contributed by atoms with Crippen LogP contribution in [0.3, 0.4) is 0 Å². The highest BCUT2D eigenvalue weighted by Gasteiger charge is 2.33. The molecule has 0 aliphatic carbocycles. The largest absolute Gasteiger partial charge is 0.385 e. The van der Waals surface area contributed by atoms with Crippen LogP contribution in [0.15, 0.2) is 164 Å². The molecule has 6 aromatic rings. The number of nitrogens with one attached hydrogen (secondary N) is 1. The maximum absolute atomic E-state index is 13.4. The summed E-state index contributed by atoms with van der Waals surface area (Å²) in [5, 5.41) is 5.32. The summed E-state index contributed by atoms with van der Waals surface area (Å²) in [4.78, 5) is 32.8. The van der Waals surface area contributed by atoms with Crippen molar-refractivity contribution < 1.29 is 9.59 Å². The number of likely N-dealkylation sites (N-methyl/N-ethyl adjacent to an activating group) is 1. The Bertz CT molecular complexity index is 2140. The van der Waals surface area contributed by atoms with Gasteiger partial charge in [0.15, 0.2) is 0 Å². The van der Waals surface area contributed by atoms with E-state index in [1.165, 1.54) is 38.3 Å². The van der Waals surface area contributed by atoms with E-state index >= 15 is 0 Å². The van der Waals surface area contributed by atoms with E-state index in [2.05, 4.69) is 144 Å². The second kappa shape index (κ2) is 19.9. The summed E-state index contributed by atoms with van der Waals surface area (Å²) in [6, 6.07) is 52.5. The zero-order chi connectivity index (χ0) is 40.1. The van der Waals surface area contributed by atoms with Crippen molar-refractivity contribution in [2.45, 2.75) is 25.7 Å². The Hall–Kier alpha value is -6.08. The van der Waals surface area contributed by atoms with Crippen molar-refractivity contribution >= 4 is 39.4 Å². The van der Waals surface area contributed by atoms with Crippen LogP contribution < -0.4 is 5.32 Å². The molecule has 0 spiro atoms. The molecule has 294 valence electrons. The highest BCUT2D eigenvalue weighted by Crippen LogP contribution is 2.34. The molecule has 6 aromatic carbocycles. The molecule has 0 aromatic heterocycles. The Labute approximate surface area is 344 Å². The summed E-state index contributed by atoms with van der Waals surface area (Å²) in [6.07, 6.45) is 9.14. The van der Waals surface area contributed by atoms with Gasteiger partial charge in [-0.15, -0.1) is 0 Å². The smallest absolute Gasteiger partial charge is 0.261 e. The fourth-order valence-corrected chi connectivity index (χ4v) is 7.81. The summed E-state index contributed by atoms with van der Waals surface area (Å²) in [7, 11) is 3.89. The fraction of sp³-hybridized carbons (Fsp3) is 0.231. The van der Waals surface area contributed by atoms with Crippen LogP contribution in [0.4, 0.5) is 5.69 Å². The summed E-state index contributed by atoms with van der Waals surface area (Å²) in [6.45, 7) is 4.46. The Morgan fingerprint density at radius 1 is 0.534 bits per heavy atom. The number of rotatable bonds is 19. The first-order valence-corrected chi connectivity index (χ1v) is 20.6. The van der Waals surface area contributed by atoms with Crippen LogP contribution in [0.1, 0.15) is 68.7 Å². The van der Waals surface area contributed by atoms with E-state index in [-0.39, 0.29) is 11.8 Å². The van der Waals surface area contributed by atoms with Gasteiger partial charge in [-0.1, -0.05) is 158 Å². The summed E-state index contributed by atoms with van der Waals surface area (Å²) >= 11 is 0. The summed E-state index contributed by atoms with van der Waals surface area (Å²) in [5.74, 6) is -0.426. The number of benzene rings is 6. The van der Waals surface area contributed by atoms with Gasteiger partial charge in [-0.2, -0.15) is 0 Å². The molecule has 58 heavy (non-hydrogen) atoms. The Kier molecular flexibility index (Phi) is 13.7. The molecule has 0 radical (unpaired) electrons. The lowest BCUT2D eigenvalue weighted by Crippen LogP contribution is -2.43. The molecule has 0 unspecified atom stereocenters. The minimum atomic E-state index is -0.213. The number of hydrogen-bond acceptors (Lipinski definition) is 5. The topological polar surface area (TPSA) is 55.9 Å². The van der Waals surface area contributed by atoms with Crippen LogP contribution >= 0.6 is 0 Å². The highest BCUT2D eigenvalue weighted by atomic mass is 16.2. The van der Waals surface area contributed by atoms with E-state index in [0.717, 1.165) is 68.3 Å². The van der Waals surface area contributed by atoms with Crippen LogP contribution in [0.25, 0.3) is 21.9 Å². The number of anilines is 1. The number of unbranched alkanes of at least 4 members (excludes halogenated alkanes) is 3. The molecule has 0 bridgehead atoms. The van der Waals surface area contributed by atoms with Crippen molar-refractivity contribution in [3.63, 3.8) is 0 Å². The fourth-order valence-electron chi connectivity index (χ4n) is 7.81. The van der Waals surface area contributed by atoms with Crippen LogP contribution in [-0.4, -0.2) is 79.9 Å². The Morgan fingerprint density at radius 3 is 1.52 bits per heavy atom. The second-order valence-corrected chi connectivity index (χ2v) is 15.3. The average molecular weight is 767 g/mol. The third-order valence-corrected chi connectivity index (χ3v) is 10.9. The lowest BCUT2D eigenvalue weighted by Gasteiger charge is -2.28. The van der Waals surface area contributed by atoms with Crippen molar-refractivity contribution in [1.29, 1.82) is 0 Å². The predicted octanol–water partition coefficient (Wildman–Crippen LogP) is 10.5. The second-order valence-electron chi connectivity index (χ2n) is 15.3. The van der Waals surface area contributed by atoms with Gasteiger partial charge in [0.25, 0.3) is 11.8 Å². The summed E-state index contributed by atoms with van der Waals surface area (Å²) in [5.41, 5.74) is 9.56. The maximum Gasteiger partial charge on any atom is 0.261 e. The van der Waals surface area contributed by atoms with Gasteiger partial charge >= 0.3 is 0 Å². The third-order valence-electron chi connectivity index (χ3n) is 10.9. The first kappa shape index (κ1) is 40.1. The van der Waals surface area contributed by atoms with Gasteiger partial charge < -0.3 is 10.2 Å². The van der Waals surface area contributed by atoms with Gasteiger partial charge in [-0.25, -0.2) is 0 Å². The molecule has 1 aliphatic heterocycles. The molecular formula is C52H54N4O2. The molecule has 0 atom stereocenters. The quantitative estimate of drug-likeness (QED) is 0.0657. The zero-order valence-corrected chi connectivity index (χ0v) is 33.8. The SMILES string of the molecule is CN(C)CCN1C(=O)c2cccc3c(NCCCCCCN(CC=C(c4ccccc4)c4ccccc4)CC=C(c4ccccc4)c4ccccc4)ccc(c23)C1=O. The highest BCUT2D eigenvalue weighted by molar-refractivity contribution is 6.26. The Balaban J connectivity index is 1.01. The van der Waals surface area contributed by atoms with Crippen LogP contribution in [0.2, 0.25) is 0 Å². The lowest BCUT2D eigenvalue weighted by molar-refractivity contribution is 0.0601. The lowest BCUT2D eigenvalue weighted by atomic mass is 9.93. The number of nitrogens with zero attached hydrogens (tertiary/aromatic N) is 3. The molecule has 1 N–H and O–H groups in total. The Morgan fingerprint density at radius 2 is 1.02 bits per heavy atom. The number of hydrogen-bond donors (Lipinski definition) is 1. The minimum absolute atomic E-state index is 0.213. The van der Waals surface area contributed by atoms with Crippen molar-refractivity contribution in [1.82, 2.24) is 14.7 Å². The van der Waals surface area contributed by atoms with Crippen LogP contribution in [0, 0.1) is 0 Å². The third kappa shape index (κ3) is 9.89. The number of amides is 2. The molecular weight excluding hydrogens is 713 g/mol. The number of imide groups is 1.